The van der Waals surface area contributed by atoms with E-state index >= 15 is 0 Å². The van der Waals surface area contributed by atoms with Gasteiger partial charge in [-0.25, -0.2) is 0 Å². The fourth-order valence-electron chi connectivity index (χ4n) is 2.11. The molecule has 94 valence electrons. The van der Waals surface area contributed by atoms with Gasteiger partial charge in [0.25, 0.3) is 0 Å². The van der Waals surface area contributed by atoms with Crippen LogP contribution in [-0.4, -0.2) is 24.5 Å². The zero-order valence-corrected chi connectivity index (χ0v) is 10.9. The third kappa shape index (κ3) is 6.11. The second kappa shape index (κ2) is 6.24. The van der Waals surface area contributed by atoms with Gasteiger partial charge in [0.05, 0.1) is 0 Å². The van der Waals surface area contributed by atoms with Crippen LogP contribution in [0.2, 0.25) is 0 Å². The van der Waals surface area contributed by atoms with Gasteiger partial charge in [0, 0.05) is 25.0 Å². The van der Waals surface area contributed by atoms with Crippen molar-refractivity contribution in [2.24, 2.45) is 5.92 Å². The zero-order chi connectivity index (χ0) is 12.0. The largest absolute Gasteiger partial charge is 0.356 e. The van der Waals surface area contributed by atoms with Gasteiger partial charge in [-0.2, -0.15) is 0 Å². The molecule has 2 N–H and O–H groups in total. The second-order valence-electron chi connectivity index (χ2n) is 5.88. The van der Waals surface area contributed by atoms with Gasteiger partial charge >= 0.3 is 0 Å². The van der Waals surface area contributed by atoms with Crippen LogP contribution >= 0.6 is 0 Å². The number of nitrogens with one attached hydrogen (secondary N) is 2. The molecule has 1 aliphatic rings. The first-order chi connectivity index (χ1) is 7.47. The lowest BCUT2D eigenvalue weighted by atomic mass is 10.1. The Balaban J connectivity index is 2.02. The first-order valence-corrected chi connectivity index (χ1v) is 6.49. The third-order valence-electron chi connectivity index (χ3n) is 3.07. The molecular weight excluding hydrogens is 200 g/mol. The fraction of sp³-hybridized carbons (Fsp3) is 0.923. The molecule has 0 heterocycles. The van der Waals surface area contributed by atoms with Crippen molar-refractivity contribution in [1.29, 1.82) is 0 Å². The molecule has 0 spiro atoms. The van der Waals surface area contributed by atoms with Crippen LogP contribution in [0.3, 0.4) is 0 Å². The summed E-state index contributed by atoms with van der Waals surface area (Å²) in [5.41, 5.74) is 0.103. The van der Waals surface area contributed by atoms with E-state index < -0.39 is 0 Å². The lowest BCUT2D eigenvalue weighted by Gasteiger charge is -2.20. The van der Waals surface area contributed by atoms with Gasteiger partial charge in [-0.15, -0.1) is 0 Å². The van der Waals surface area contributed by atoms with Gasteiger partial charge in [0.2, 0.25) is 5.91 Å². The van der Waals surface area contributed by atoms with Gasteiger partial charge < -0.3 is 10.6 Å². The van der Waals surface area contributed by atoms with Crippen molar-refractivity contribution in [3.05, 3.63) is 0 Å². The quantitative estimate of drug-likeness (QED) is 0.753. The summed E-state index contributed by atoms with van der Waals surface area (Å²) in [5, 5.41) is 6.35. The lowest BCUT2D eigenvalue weighted by molar-refractivity contribution is -0.121. The summed E-state index contributed by atoms with van der Waals surface area (Å²) in [4.78, 5) is 11.5. The van der Waals surface area contributed by atoms with Crippen molar-refractivity contribution in [3.8, 4) is 0 Å². The van der Waals surface area contributed by atoms with Crippen LogP contribution < -0.4 is 10.6 Å². The minimum Gasteiger partial charge on any atom is -0.356 e. The number of amides is 1. The molecule has 1 aliphatic carbocycles. The average molecular weight is 226 g/mol. The second-order valence-corrected chi connectivity index (χ2v) is 5.88. The van der Waals surface area contributed by atoms with E-state index in [1.54, 1.807) is 0 Å². The van der Waals surface area contributed by atoms with Gasteiger partial charge in [-0.1, -0.05) is 12.8 Å². The summed E-state index contributed by atoms with van der Waals surface area (Å²) in [6.45, 7) is 7.99. The summed E-state index contributed by atoms with van der Waals surface area (Å²) < 4.78 is 0. The van der Waals surface area contributed by atoms with E-state index in [-0.39, 0.29) is 11.4 Å². The number of rotatable bonds is 5. The molecule has 3 heteroatoms. The Morgan fingerprint density at radius 2 is 1.88 bits per heavy atom. The molecule has 3 nitrogen and oxygen atoms in total. The first-order valence-electron chi connectivity index (χ1n) is 6.49. The summed E-state index contributed by atoms with van der Waals surface area (Å²) in [7, 11) is 0. The highest BCUT2D eigenvalue weighted by Gasteiger charge is 2.15. The van der Waals surface area contributed by atoms with Crippen LogP contribution in [0, 0.1) is 5.92 Å². The molecule has 0 saturated heterocycles. The van der Waals surface area contributed by atoms with Crippen molar-refractivity contribution in [3.63, 3.8) is 0 Å². The predicted molar refractivity (Wildman–Crippen MR) is 67.3 cm³/mol. The Kier molecular flexibility index (Phi) is 5.26. The molecular formula is C13H26N2O. The number of carbonyl (C=O) groups is 1. The molecule has 0 aromatic heterocycles. The summed E-state index contributed by atoms with van der Waals surface area (Å²) >= 11 is 0. The number of carbonyl (C=O) groups excluding carboxylic acids is 1. The van der Waals surface area contributed by atoms with E-state index in [4.69, 9.17) is 0 Å². The van der Waals surface area contributed by atoms with Crippen molar-refractivity contribution in [1.82, 2.24) is 10.6 Å². The minimum atomic E-state index is 0.103. The Morgan fingerprint density at radius 3 is 2.44 bits per heavy atom. The monoisotopic (exact) mass is 226 g/mol. The highest BCUT2D eigenvalue weighted by atomic mass is 16.1. The van der Waals surface area contributed by atoms with E-state index in [2.05, 4.69) is 31.4 Å². The maximum absolute atomic E-state index is 11.5. The third-order valence-corrected chi connectivity index (χ3v) is 3.07. The Hall–Kier alpha value is -0.570. The highest BCUT2D eigenvalue weighted by Crippen LogP contribution is 2.23. The number of hydrogen-bond acceptors (Lipinski definition) is 2. The van der Waals surface area contributed by atoms with Crippen LogP contribution in [0.25, 0.3) is 0 Å². The predicted octanol–water partition coefficient (Wildman–Crippen LogP) is 2.07. The molecule has 1 rings (SSSR count). The summed E-state index contributed by atoms with van der Waals surface area (Å²) in [5.74, 6) is 0.920. The molecule has 16 heavy (non-hydrogen) atoms. The van der Waals surface area contributed by atoms with Crippen molar-refractivity contribution in [2.45, 2.75) is 58.4 Å². The molecule has 0 aromatic carbocycles. The Morgan fingerprint density at radius 1 is 1.25 bits per heavy atom. The van der Waals surface area contributed by atoms with Crippen LogP contribution in [-0.2, 0) is 4.79 Å². The van der Waals surface area contributed by atoms with Crippen LogP contribution in [0.15, 0.2) is 0 Å². The zero-order valence-electron chi connectivity index (χ0n) is 10.9. The molecule has 0 unspecified atom stereocenters. The molecule has 1 saturated carbocycles. The van der Waals surface area contributed by atoms with E-state index in [0.717, 1.165) is 19.0 Å². The molecule has 0 atom stereocenters. The van der Waals surface area contributed by atoms with Gasteiger partial charge in [-0.3, -0.25) is 4.79 Å². The summed E-state index contributed by atoms with van der Waals surface area (Å²) in [6, 6.07) is 0. The molecule has 1 fully saturated rings. The molecule has 0 radical (unpaired) electrons. The lowest BCUT2D eigenvalue weighted by Crippen LogP contribution is -2.39. The Bertz CT molecular complexity index is 214. The molecule has 0 aliphatic heterocycles. The standard InChI is InChI=1S/C13H26N2O/c1-13(2,3)15-9-8-12(16)14-10-11-6-4-5-7-11/h11,15H,4-10H2,1-3H3,(H,14,16). The summed E-state index contributed by atoms with van der Waals surface area (Å²) in [6.07, 6.45) is 5.85. The average Bonchev–Trinajstić information content (AvgIpc) is 2.65. The van der Waals surface area contributed by atoms with E-state index in [1.807, 2.05) is 0 Å². The van der Waals surface area contributed by atoms with E-state index in [9.17, 15) is 4.79 Å². The van der Waals surface area contributed by atoms with Crippen molar-refractivity contribution < 1.29 is 4.79 Å². The SMILES string of the molecule is CC(C)(C)NCCC(=O)NCC1CCCC1. The minimum absolute atomic E-state index is 0.103. The van der Waals surface area contributed by atoms with Crippen LogP contribution in [0.1, 0.15) is 52.9 Å². The van der Waals surface area contributed by atoms with E-state index in [0.29, 0.717) is 6.42 Å². The number of hydrogen-bond donors (Lipinski definition) is 2. The topological polar surface area (TPSA) is 41.1 Å². The van der Waals surface area contributed by atoms with Gasteiger partial charge in [-0.05, 0) is 39.5 Å². The molecule has 0 aromatic rings. The molecule has 0 bridgehead atoms. The Labute approximate surface area is 99.4 Å². The van der Waals surface area contributed by atoms with Gasteiger partial charge in [0.15, 0.2) is 0 Å². The first kappa shape index (κ1) is 13.5. The van der Waals surface area contributed by atoms with E-state index in [1.165, 1.54) is 25.7 Å². The normalized spacial score (nSPS) is 17.7. The van der Waals surface area contributed by atoms with Crippen molar-refractivity contribution >= 4 is 5.91 Å². The van der Waals surface area contributed by atoms with Crippen LogP contribution in [0.4, 0.5) is 0 Å². The fourth-order valence-corrected chi connectivity index (χ4v) is 2.11. The maximum atomic E-state index is 11.5. The smallest absolute Gasteiger partial charge is 0.221 e. The van der Waals surface area contributed by atoms with Crippen LogP contribution in [0.5, 0.6) is 0 Å². The maximum Gasteiger partial charge on any atom is 0.221 e. The highest BCUT2D eigenvalue weighted by molar-refractivity contribution is 5.76. The van der Waals surface area contributed by atoms with Gasteiger partial charge in [0.1, 0.15) is 0 Å². The van der Waals surface area contributed by atoms with Crippen molar-refractivity contribution in [2.75, 3.05) is 13.1 Å². The molecule has 1 amide bonds.